The molecule has 22 heavy (non-hydrogen) atoms. The number of benzene rings is 1. The van der Waals surface area contributed by atoms with E-state index in [4.69, 9.17) is 0 Å². The Balaban J connectivity index is 2.03. The van der Waals surface area contributed by atoms with Crippen LogP contribution in [0.25, 0.3) is 0 Å². The van der Waals surface area contributed by atoms with E-state index in [0.29, 0.717) is 11.3 Å². The van der Waals surface area contributed by atoms with Gasteiger partial charge < -0.3 is 10.2 Å². The Bertz CT molecular complexity index is 639. The van der Waals surface area contributed by atoms with Crippen LogP contribution in [0.15, 0.2) is 41.1 Å². The molecule has 0 radical (unpaired) electrons. The molecule has 0 aliphatic carbocycles. The van der Waals surface area contributed by atoms with Crippen molar-refractivity contribution in [3.05, 3.63) is 52.5 Å². The van der Waals surface area contributed by atoms with Crippen LogP contribution in [-0.2, 0) is 4.79 Å². The van der Waals surface area contributed by atoms with Gasteiger partial charge in [-0.15, -0.1) is 0 Å². The molecule has 0 aliphatic heterocycles. The maximum absolute atomic E-state index is 12.8. The van der Waals surface area contributed by atoms with Crippen LogP contribution >= 0.6 is 11.3 Å². The minimum atomic E-state index is -0.366. The highest BCUT2D eigenvalue weighted by molar-refractivity contribution is 7.08. The fourth-order valence-electron chi connectivity index (χ4n) is 1.93. The molecule has 0 spiro atoms. The van der Waals surface area contributed by atoms with Gasteiger partial charge in [-0.25, -0.2) is 4.39 Å². The standard InChI is InChI=1S/C16H17FN2O2S/c1-11(2)19(16(21)12-7-8-22-10-12)9-15(20)18-14-5-3-13(17)4-6-14/h3-8,10-11H,9H2,1-2H3,(H,18,20). The molecule has 1 aromatic heterocycles. The number of rotatable bonds is 5. The second kappa shape index (κ2) is 7.17. The largest absolute Gasteiger partial charge is 0.327 e. The van der Waals surface area contributed by atoms with Crippen molar-refractivity contribution in [2.45, 2.75) is 19.9 Å². The van der Waals surface area contributed by atoms with E-state index in [1.165, 1.54) is 40.5 Å². The molecule has 1 N–H and O–H groups in total. The van der Waals surface area contributed by atoms with Crippen LogP contribution in [-0.4, -0.2) is 29.3 Å². The summed E-state index contributed by atoms with van der Waals surface area (Å²) in [4.78, 5) is 26.0. The van der Waals surface area contributed by atoms with Crippen molar-refractivity contribution in [3.8, 4) is 0 Å². The molecule has 0 aliphatic rings. The average molecular weight is 320 g/mol. The van der Waals surface area contributed by atoms with Gasteiger partial charge in [0.25, 0.3) is 5.91 Å². The number of amides is 2. The first-order valence-corrected chi connectivity index (χ1v) is 7.80. The lowest BCUT2D eigenvalue weighted by atomic mass is 10.2. The van der Waals surface area contributed by atoms with Crippen LogP contribution in [0.2, 0.25) is 0 Å². The van der Waals surface area contributed by atoms with E-state index in [1.54, 1.807) is 11.4 Å². The molecule has 0 saturated heterocycles. The topological polar surface area (TPSA) is 49.4 Å². The molecule has 0 fully saturated rings. The molecule has 0 unspecified atom stereocenters. The highest BCUT2D eigenvalue weighted by Crippen LogP contribution is 2.13. The first-order chi connectivity index (χ1) is 10.5. The lowest BCUT2D eigenvalue weighted by Crippen LogP contribution is -2.42. The van der Waals surface area contributed by atoms with Crippen molar-refractivity contribution in [1.82, 2.24) is 4.90 Å². The first-order valence-electron chi connectivity index (χ1n) is 6.86. The predicted molar refractivity (Wildman–Crippen MR) is 85.5 cm³/mol. The van der Waals surface area contributed by atoms with E-state index in [1.807, 2.05) is 19.2 Å². The number of anilines is 1. The smallest absolute Gasteiger partial charge is 0.255 e. The molecule has 116 valence electrons. The Morgan fingerprint density at radius 1 is 1.23 bits per heavy atom. The van der Waals surface area contributed by atoms with Crippen LogP contribution in [0.3, 0.4) is 0 Å². The van der Waals surface area contributed by atoms with Gasteiger partial charge in [0.2, 0.25) is 5.91 Å². The van der Waals surface area contributed by atoms with Gasteiger partial charge in [-0.1, -0.05) is 0 Å². The minimum Gasteiger partial charge on any atom is -0.327 e. The maximum atomic E-state index is 12.8. The van der Waals surface area contributed by atoms with Gasteiger partial charge in [-0.05, 0) is 49.6 Å². The Kier molecular flexibility index (Phi) is 5.27. The van der Waals surface area contributed by atoms with E-state index in [2.05, 4.69) is 5.32 Å². The number of nitrogens with one attached hydrogen (secondary N) is 1. The molecule has 2 amide bonds. The molecule has 0 saturated carbocycles. The zero-order chi connectivity index (χ0) is 16.1. The van der Waals surface area contributed by atoms with Gasteiger partial charge in [0.05, 0.1) is 5.56 Å². The van der Waals surface area contributed by atoms with Crippen molar-refractivity contribution >= 4 is 28.8 Å². The monoisotopic (exact) mass is 320 g/mol. The highest BCUT2D eigenvalue weighted by Gasteiger charge is 2.21. The zero-order valence-corrected chi connectivity index (χ0v) is 13.2. The molecule has 6 heteroatoms. The summed E-state index contributed by atoms with van der Waals surface area (Å²) in [6.45, 7) is 3.66. The molecule has 4 nitrogen and oxygen atoms in total. The summed E-state index contributed by atoms with van der Waals surface area (Å²) >= 11 is 1.44. The van der Waals surface area contributed by atoms with Crippen molar-refractivity contribution < 1.29 is 14.0 Å². The number of thiophene rings is 1. The van der Waals surface area contributed by atoms with Crippen LogP contribution in [0, 0.1) is 5.82 Å². The first kappa shape index (κ1) is 16.2. The molecular weight excluding hydrogens is 303 g/mol. The van der Waals surface area contributed by atoms with Crippen LogP contribution in [0.5, 0.6) is 0 Å². The molecule has 2 aromatic rings. The number of hydrogen-bond acceptors (Lipinski definition) is 3. The van der Waals surface area contributed by atoms with Gasteiger partial charge in [-0.2, -0.15) is 11.3 Å². The Labute approximate surface area is 132 Å². The van der Waals surface area contributed by atoms with Gasteiger partial charge in [0, 0.05) is 17.1 Å². The molecular formula is C16H17FN2O2S. The van der Waals surface area contributed by atoms with Crippen molar-refractivity contribution in [3.63, 3.8) is 0 Å². The second-order valence-electron chi connectivity index (χ2n) is 5.09. The van der Waals surface area contributed by atoms with E-state index in [-0.39, 0.29) is 30.2 Å². The summed E-state index contributed by atoms with van der Waals surface area (Å²) in [5.41, 5.74) is 1.08. The SMILES string of the molecule is CC(C)N(CC(=O)Nc1ccc(F)cc1)C(=O)c1ccsc1. The van der Waals surface area contributed by atoms with Crippen LogP contribution in [0.4, 0.5) is 10.1 Å². The summed E-state index contributed by atoms with van der Waals surface area (Å²) in [5, 5.41) is 6.24. The predicted octanol–water partition coefficient (Wildman–Crippen LogP) is 3.38. The lowest BCUT2D eigenvalue weighted by Gasteiger charge is -2.25. The fraction of sp³-hybridized carbons (Fsp3) is 0.250. The highest BCUT2D eigenvalue weighted by atomic mass is 32.1. The van der Waals surface area contributed by atoms with Gasteiger partial charge >= 0.3 is 0 Å². The quantitative estimate of drug-likeness (QED) is 0.918. The molecule has 0 bridgehead atoms. The number of carbonyl (C=O) groups is 2. The van der Waals surface area contributed by atoms with E-state index in [9.17, 15) is 14.0 Å². The van der Waals surface area contributed by atoms with Crippen molar-refractivity contribution in [2.75, 3.05) is 11.9 Å². The third-order valence-corrected chi connectivity index (χ3v) is 3.78. The van der Waals surface area contributed by atoms with Crippen LogP contribution < -0.4 is 5.32 Å². The van der Waals surface area contributed by atoms with Gasteiger partial charge in [0.1, 0.15) is 12.4 Å². The fourth-order valence-corrected chi connectivity index (χ4v) is 2.56. The van der Waals surface area contributed by atoms with Gasteiger partial charge in [0.15, 0.2) is 0 Å². The molecule has 2 rings (SSSR count). The normalized spacial score (nSPS) is 10.5. The number of hydrogen-bond donors (Lipinski definition) is 1. The Hall–Kier alpha value is -2.21. The number of carbonyl (C=O) groups excluding carboxylic acids is 2. The van der Waals surface area contributed by atoms with E-state index >= 15 is 0 Å². The maximum Gasteiger partial charge on any atom is 0.255 e. The summed E-state index contributed by atoms with van der Waals surface area (Å²) in [6, 6.07) is 7.13. The molecule has 0 atom stereocenters. The number of halogens is 1. The third kappa shape index (κ3) is 4.14. The van der Waals surface area contributed by atoms with Crippen LogP contribution in [0.1, 0.15) is 24.2 Å². The Morgan fingerprint density at radius 2 is 1.91 bits per heavy atom. The summed E-state index contributed by atoms with van der Waals surface area (Å²) in [6.07, 6.45) is 0. The van der Waals surface area contributed by atoms with Crippen molar-refractivity contribution in [2.24, 2.45) is 0 Å². The average Bonchev–Trinajstić information content (AvgIpc) is 3.00. The van der Waals surface area contributed by atoms with Gasteiger partial charge in [-0.3, -0.25) is 9.59 Å². The number of nitrogens with zero attached hydrogens (tertiary/aromatic N) is 1. The van der Waals surface area contributed by atoms with Crippen molar-refractivity contribution in [1.29, 1.82) is 0 Å². The third-order valence-electron chi connectivity index (χ3n) is 3.09. The minimum absolute atomic E-state index is 0.0519. The molecule has 1 aromatic carbocycles. The zero-order valence-electron chi connectivity index (χ0n) is 12.4. The summed E-state index contributed by atoms with van der Waals surface area (Å²) < 4.78 is 12.8. The summed E-state index contributed by atoms with van der Waals surface area (Å²) in [5.74, 6) is -0.858. The molecule has 1 heterocycles. The van der Waals surface area contributed by atoms with E-state index in [0.717, 1.165) is 0 Å². The lowest BCUT2D eigenvalue weighted by molar-refractivity contribution is -0.117. The second-order valence-corrected chi connectivity index (χ2v) is 5.87. The summed E-state index contributed by atoms with van der Waals surface area (Å²) in [7, 11) is 0. The van der Waals surface area contributed by atoms with E-state index < -0.39 is 0 Å². The Morgan fingerprint density at radius 3 is 2.45 bits per heavy atom.